The molecule has 1 aromatic heterocycles. The van der Waals surface area contributed by atoms with Crippen LogP contribution in [0.2, 0.25) is 5.02 Å². The predicted octanol–water partition coefficient (Wildman–Crippen LogP) is 3.62. The Bertz CT molecular complexity index is 797. The minimum absolute atomic E-state index is 0.0792. The third-order valence-electron chi connectivity index (χ3n) is 3.15. The summed E-state index contributed by atoms with van der Waals surface area (Å²) >= 11 is 5.79. The van der Waals surface area contributed by atoms with Crippen molar-refractivity contribution < 1.29 is 9.18 Å². The number of carbonyl (C=O) groups excluding carboxylic acids is 1. The van der Waals surface area contributed by atoms with Gasteiger partial charge in [-0.2, -0.15) is 0 Å². The fourth-order valence-electron chi connectivity index (χ4n) is 2.00. The second-order valence-corrected chi connectivity index (χ2v) is 5.17. The summed E-state index contributed by atoms with van der Waals surface area (Å²) in [6.45, 7) is 0.0792. The first-order valence-corrected chi connectivity index (χ1v) is 6.94. The number of ketones is 1. The average Bonchev–Trinajstić information content (AvgIpc) is 2.97. The first-order valence-electron chi connectivity index (χ1n) is 6.57. The summed E-state index contributed by atoms with van der Waals surface area (Å²) in [5.41, 5.74) is 1.89. The monoisotopic (exact) mass is 315 g/mol. The largest absolute Gasteiger partial charge is 0.292 e. The van der Waals surface area contributed by atoms with Gasteiger partial charge < -0.3 is 0 Å². The van der Waals surface area contributed by atoms with Crippen molar-refractivity contribution in [3.8, 4) is 11.3 Å². The summed E-state index contributed by atoms with van der Waals surface area (Å²) in [5, 5.41) is 8.50. The molecule has 22 heavy (non-hydrogen) atoms. The minimum atomic E-state index is -0.311. The smallest absolute Gasteiger partial charge is 0.184 e. The van der Waals surface area contributed by atoms with E-state index in [-0.39, 0.29) is 18.1 Å². The van der Waals surface area contributed by atoms with Crippen LogP contribution in [-0.2, 0) is 6.54 Å². The molecule has 3 rings (SSSR count). The van der Waals surface area contributed by atoms with Crippen molar-refractivity contribution in [3.63, 3.8) is 0 Å². The maximum absolute atomic E-state index is 12.9. The van der Waals surface area contributed by atoms with Gasteiger partial charge in [0.05, 0.1) is 6.20 Å². The third kappa shape index (κ3) is 3.20. The van der Waals surface area contributed by atoms with E-state index >= 15 is 0 Å². The quantitative estimate of drug-likeness (QED) is 0.691. The van der Waals surface area contributed by atoms with Gasteiger partial charge in [0.2, 0.25) is 0 Å². The van der Waals surface area contributed by atoms with Crippen LogP contribution in [0.1, 0.15) is 10.4 Å². The molecule has 0 saturated heterocycles. The lowest BCUT2D eigenvalue weighted by molar-refractivity contribution is 0.0967. The number of Topliss-reactive ketones (excluding diaryl/α,β-unsaturated/α-hetero) is 1. The molecule has 4 nitrogen and oxygen atoms in total. The fourth-order valence-corrected chi connectivity index (χ4v) is 2.13. The Morgan fingerprint density at radius 1 is 1.09 bits per heavy atom. The van der Waals surface area contributed by atoms with Crippen molar-refractivity contribution in [2.45, 2.75) is 6.54 Å². The van der Waals surface area contributed by atoms with Gasteiger partial charge in [-0.3, -0.25) is 4.79 Å². The molecule has 0 unspecified atom stereocenters. The Hall–Kier alpha value is -2.53. The lowest BCUT2D eigenvalue weighted by Crippen LogP contribution is -2.10. The van der Waals surface area contributed by atoms with E-state index in [1.165, 1.54) is 16.8 Å². The van der Waals surface area contributed by atoms with E-state index in [9.17, 15) is 9.18 Å². The number of carbonyl (C=O) groups is 1. The topological polar surface area (TPSA) is 47.8 Å². The highest BCUT2D eigenvalue weighted by Crippen LogP contribution is 2.16. The van der Waals surface area contributed by atoms with Gasteiger partial charge in [0, 0.05) is 16.1 Å². The van der Waals surface area contributed by atoms with Gasteiger partial charge in [-0.05, 0) is 48.5 Å². The van der Waals surface area contributed by atoms with Crippen molar-refractivity contribution in [1.29, 1.82) is 0 Å². The van der Waals surface area contributed by atoms with E-state index in [1.807, 2.05) is 0 Å². The summed E-state index contributed by atoms with van der Waals surface area (Å²) in [6.07, 6.45) is 1.65. The molecule has 2 aromatic carbocycles. The number of nitrogens with zero attached hydrogens (tertiary/aromatic N) is 3. The first kappa shape index (κ1) is 14.4. The molecular formula is C16H11ClFN3O. The normalized spacial score (nSPS) is 10.6. The molecular weight excluding hydrogens is 305 g/mol. The summed E-state index contributed by atoms with van der Waals surface area (Å²) in [4.78, 5) is 12.1. The zero-order valence-electron chi connectivity index (χ0n) is 11.4. The number of rotatable bonds is 4. The van der Waals surface area contributed by atoms with Crippen molar-refractivity contribution >= 4 is 17.4 Å². The van der Waals surface area contributed by atoms with Gasteiger partial charge in [-0.1, -0.05) is 16.8 Å². The lowest BCUT2D eigenvalue weighted by Gasteiger charge is -2.00. The standard InChI is InChI=1S/C16H11ClFN3O/c17-13-5-1-12(2-6-13)16(22)10-21-9-15(19-20-21)11-3-7-14(18)8-4-11/h1-9H,10H2. The van der Waals surface area contributed by atoms with E-state index in [0.29, 0.717) is 16.3 Å². The molecule has 0 atom stereocenters. The van der Waals surface area contributed by atoms with Crippen LogP contribution in [0.25, 0.3) is 11.3 Å². The Morgan fingerprint density at radius 3 is 2.45 bits per heavy atom. The van der Waals surface area contributed by atoms with E-state index in [0.717, 1.165) is 5.56 Å². The second-order valence-electron chi connectivity index (χ2n) is 4.74. The summed E-state index contributed by atoms with van der Waals surface area (Å²) < 4.78 is 14.4. The Balaban J connectivity index is 1.75. The Labute approximate surface area is 131 Å². The van der Waals surface area contributed by atoms with Crippen LogP contribution in [0, 0.1) is 5.82 Å². The fraction of sp³-hybridized carbons (Fsp3) is 0.0625. The van der Waals surface area contributed by atoms with Gasteiger partial charge in [-0.25, -0.2) is 9.07 Å². The zero-order valence-corrected chi connectivity index (χ0v) is 12.2. The zero-order chi connectivity index (χ0) is 15.5. The molecule has 0 amide bonds. The van der Waals surface area contributed by atoms with Crippen LogP contribution in [0.3, 0.4) is 0 Å². The van der Waals surface area contributed by atoms with Crippen LogP contribution in [0.5, 0.6) is 0 Å². The first-order chi connectivity index (χ1) is 10.6. The lowest BCUT2D eigenvalue weighted by atomic mass is 10.1. The van der Waals surface area contributed by atoms with Crippen LogP contribution in [0.15, 0.2) is 54.7 Å². The molecule has 0 aliphatic carbocycles. The summed E-state index contributed by atoms with van der Waals surface area (Å²) in [6, 6.07) is 12.6. The van der Waals surface area contributed by atoms with Crippen LogP contribution in [-0.4, -0.2) is 20.8 Å². The molecule has 0 saturated carbocycles. The number of benzene rings is 2. The average molecular weight is 316 g/mol. The molecule has 0 bridgehead atoms. The number of hydrogen-bond donors (Lipinski definition) is 0. The molecule has 0 fully saturated rings. The molecule has 3 aromatic rings. The van der Waals surface area contributed by atoms with Crippen molar-refractivity contribution in [3.05, 3.63) is 71.1 Å². The van der Waals surface area contributed by atoms with Crippen LogP contribution >= 0.6 is 11.6 Å². The van der Waals surface area contributed by atoms with Gasteiger partial charge in [0.15, 0.2) is 5.78 Å². The van der Waals surface area contributed by atoms with E-state index in [4.69, 9.17) is 11.6 Å². The maximum atomic E-state index is 12.9. The number of halogens is 2. The van der Waals surface area contributed by atoms with Gasteiger partial charge in [0.25, 0.3) is 0 Å². The minimum Gasteiger partial charge on any atom is -0.292 e. The highest BCUT2D eigenvalue weighted by atomic mass is 35.5. The van der Waals surface area contributed by atoms with Gasteiger partial charge in [-0.15, -0.1) is 5.10 Å². The number of hydrogen-bond acceptors (Lipinski definition) is 3. The third-order valence-corrected chi connectivity index (χ3v) is 3.40. The van der Waals surface area contributed by atoms with E-state index in [2.05, 4.69) is 10.3 Å². The highest BCUT2D eigenvalue weighted by molar-refractivity contribution is 6.30. The van der Waals surface area contributed by atoms with E-state index < -0.39 is 0 Å². The van der Waals surface area contributed by atoms with Crippen LogP contribution < -0.4 is 0 Å². The predicted molar refractivity (Wildman–Crippen MR) is 81.2 cm³/mol. The van der Waals surface area contributed by atoms with Crippen LogP contribution in [0.4, 0.5) is 4.39 Å². The highest BCUT2D eigenvalue weighted by Gasteiger charge is 2.10. The Kier molecular flexibility index (Phi) is 3.98. The SMILES string of the molecule is O=C(Cn1cc(-c2ccc(F)cc2)nn1)c1ccc(Cl)cc1. The van der Waals surface area contributed by atoms with Crippen molar-refractivity contribution in [1.82, 2.24) is 15.0 Å². The van der Waals surface area contributed by atoms with E-state index in [1.54, 1.807) is 42.6 Å². The second kappa shape index (κ2) is 6.07. The molecule has 1 heterocycles. The van der Waals surface area contributed by atoms with Gasteiger partial charge in [0.1, 0.15) is 18.1 Å². The van der Waals surface area contributed by atoms with Crippen molar-refractivity contribution in [2.24, 2.45) is 0 Å². The molecule has 110 valence electrons. The van der Waals surface area contributed by atoms with Gasteiger partial charge >= 0.3 is 0 Å². The molecule has 0 spiro atoms. The molecule has 0 radical (unpaired) electrons. The van der Waals surface area contributed by atoms with Crippen molar-refractivity contribution in [2.75, 3.05) is 0 Å². The summed E-state index contributed by atoms with van der Waals surface area (Å²) in [7, 11) is 0. The molecule has 6 heteroatoms. The molecule has 0 aliphatic rings. The molecule has 0 aliphatic heterocycles. The number of aromatic nitrogens is 3. The summed E-state index contributed by atoms with van der Waals surface area (Å²) in [5.74, 6) is -0.402. The Morgan fingerprint density at radius 2 is 1.77 bits per heavy atom. The maximum Gasteiger partial charge on any atom is 0.184 e. The molecule has 0 N–H and O–H groups in total.